The number of benzene rings is 2. The van der Waals surface area contributed by atoms with Crippen molar-refractivity contribution in [1.82, 2.24) is 15.2 Å². The van der Waals surface area contributed by atoms with Crippen molar-refractivity contribution in [3.8, 4) is 28.1 Å². The molecule has 5 rings (SSSR count). The maximum Gasteiger partial charge on any atom is 0.134 e. The van der Waals surface area contributed by atoms with E-state index < -0.39 is 0 Å². The van der Waals surface area contributed by atoms with Crippen molar-refractivity contribution < 1.29 is 13.9 Å². The monoisotopic (exact) mass is 404 g/mol. The number of aromatic amines is 1. The van der Waals surface area contributed by atoms with Gasteiger partial charge in [0.25, 0.3) is 0 Å². The number of hydrogen-bond acceptors (Lipinski definition) is 5. The van der Waals surface area contributed by atoms with Crippen molar-refractivity contribution in [2.45, 2.75) is 0 Å². The van der Waals surface area contributed by atoms with E-state index in [-0.39, 0.29) is 5.82 Å². The largest absolute Gasteiger partial charge is 0.496 e. The number of halogens is 1. The Hall–Kier alpha value is -3.45. The van der Waals surface area contributed by atoms with Crippen LogP contribution in [0.1, 0.15) is 0 Å². The Kier molecular flexibility index (Phi) is 4.80. The van der Waals surface area contributed by atoms with E-state index >= 15 is 0 Å². The van der Waals surface area contributed by atoms with Gasteiger partial charge in [0.2, 0.25) is 0 Å². The average Bonchev–Trinajstić information content (AvgIpc) is 3.23. The smallest absolute Gasteiger partial charge is 0.134 e. The number of nitrogens with one attached hydrogen (secondary N) is 1. The maximum atomic E-state index is 14.6. The molecular weight excluding hydrogens is 383 g/mol. The molecule has 1 aliphatic rings. The molecule has 0 amide bonds. The van der Waals surface area contributed by atoms with E-state index in [0.717, 1.165) is 46.6 Å². The summed E-state index contributed by atoms with van der Waals surface area (Å²) in [6.07, 6.45) is 1.80. The second kappa shape index (κ2) is 7.76. The fraction of sp³-hybridized carbons (Fsp3) is 0.217. The summed E-state index contributed by atoms with van der Waals surface area (Å²) in [7, 11) is 1.55. The number of morpholine rings is 1. The number of H-pyrrole nitrogens is 1. The van der Waals surface area contributed by atoms with Crippen LogP contribution >= 0.6 is 0 Å². The third-order valence-corrected chi connectivity index (χ3v) is 5.40. The van der Waals surface area contributed by atoms with Gasteiger partial charge in [0.05, 0.1) is 31.4 Å². The van der Waals surface area contributed by atoms with E-state index in [1.807, 2.05) is 30.3 Å². The Morgan fingerprint density at radius 2 is 1.93 bits per heavy atom. The Labute approximate surface area is 173 Å². The van der Waals surface area contributed by atoms with Crippen LogP contribution in [0.5, 0.6) is 5.75 Å². The van der Waals surface area contributed by atoms with Crippen molar-refractivity contribution in [3.05, 3.63) is 60.5 Å². The van der Waals surface area contributed by atoms with Gasteiger partial charge in [-0.25, -0.2) is 9.37 Å². The zero-order valence-corrected chi connectivity index (χ0v) is 16.6. The molecule has 152 valence electrons. The van der Waals surface area contributed by atoms with Crippen LogP contribution in [-0.4, -0.2) is 48.6 Å². The van der Waals surface area contributed by atoms with Gasteiger partial charge in [-0.1, -0.05) is 12.1 Å². The number of pyridine rings is 1. The summed E-state index contributed by atoms with van der Waals surface area (Å²) in [4.78, 5) is 6.72. The van der Waals surface area contributed by atoms with Gasteiger partial charge in [-0.15, -0.1) is 0 Å². The average molecular weight is 404 g/mol. The summed E-state index contributed by atoms with van der Waals surface area (Å²) in [6.45, 7) is 3.03. The number of ether oxygens (including phenoxy) is 2. The predicted molar refractivity (Wildman–Crippen MR) is 114 cm³/mol. The second-order valence-electron chi connectivity index (χ2n) is 7.15. The third-order valence-electron chi connectivity index (χ3n) is 5.40. The van der Waals surface area contributed by atoms with E-state index in [1.54, 1.807) is 25.4 Å². The predicted octanol–water partition coefficient (Wildman–Crippen LogP) is 4.28. The fourth-order valence-electron chi connectivity index (χ4n) is 3.88. The molecule has 0 saturated carbocycles. The van der Waals surface area contributed by atoms with Gasteiger partial charge in [0.1, 0.15) is 23.1 Å². The van der Waals surface area contributed by atoms with Crippen molar-refractivity contribution in [3.63, 3.8) is 0 Å². The molecule has 1 fully saturated rings. The first-order chi connectivity index (χ1) is 14.7. The van der Waals surface area contributed by atoms with Crippen LogP contribution in [0.3, 0.4) is 0 Å². The number of fused-ring (bicyclic) bond motifs is 1. The molecule has 0 unspecified atom stereocenters. The van der Waals surface area contributed by atoms with E-state index in [1.165, 1.54) is 6.07 Å². The molecule has 6 nitrogen and oxygen atoms in total. The summed E-state index contributed by atoms with van der Waals surface area (Å²) >= 11 is 0. The van der Waals surface area contributed by atoms with E-state index in [0.29, 0.717) is 24.5 Å². The molecule has 0 aliphatic carbocycles. The number of anilines is 1. The minimum Gasteiger partial charge on any atom is -0.496 e. The summed E-state index contributed by atoms with van der Waals surface area (Å²) in [5.41, 5.74) is 3.82. The molecule has 0 bridgehead atoms. The first-order valence-electron chi connectivity index (χ1n) is 9.85. The maximum absolute atomic E-state index is 14.6. The third kappa shape index (κ3) is 3.27. The highest BCUT2D eigenvalue weighted by molar-refractivity contribution is 5.96. The standard InChI is InChI=1S/C23H21FN4O2/c1-29-20-4-2-3-18(24)22(20)15-5-6-19-17(13-15)23(27-26-19)16-7-8-25-21(14-16)28-9-11-30-12-10-28/h2-8,13-14H,9-12H2,1H3,(H,26,27). The zero-order chi connectivity index (χ0) is 20.5. The number of nitrogens with zero attached hydrogens (tertiary/aromatic N) is 3. The summed E-state index contributed by atoms with van der Waals surface area (Å²) in [5, 5.41) is 8.52. The fourth-order valence-corrected chi connectivity index (χ4v) is 3.88. The number of methoxy groups -OCH3 is 1. The molecule has 2 aromatic carbocycles. The lowest BCUT2D eigenvalue weighted by molar-refractivity contribution is 0.122. The minimum atomic E-state index is -0.322. The first kappa shape index (κ1) is 18.6. The van der Waals surface area contributed by atoms with E-state index in [9.17, 15) is 4.39 Å². The molecule has 1 aliphatic heterocycles. The molecular formula is C23H21FN4O2. The number of hydrogen-bond donors (Lipinski definition) is 1. The summed E-state index contributed by atoms with van der Waals surface area (Å²) < 4.78 is 25.4. The van der Waals surface area contributed by atoms with Crippen LogP contribution in [0.25, 0.3) is 33.3 Å². The van der Waals surface area contributed by atoms with Crippen LogP contribution in [0, 0.1) is 5.82 Å². The first-order valence-corrected chi connectivity index (χ1v) is 9.85. The number of rotatable bonds is 4. The van der Waals surface area contributed by atoms with Crippen molar-refractivity contribution in [2.24, 2.45) is 0 Å². The zero-order valence-electron chi connectivity index (χ0n) is 16.6. The molecule has 30 heavy (non-hydrogen) atoms. The van der Waals surface area contributed by atoms with Gasteiger partial charge in [-0.05, 0) is 42.0 Å². The highest BCUT2D eigenvalue weighted by atomic mass is 19.1. The quantitative estimate of drug-likeness (QED) is 0.550. The van der Waals surface area contributed by atoms with Crippen molar-refractivity contribution >= 4 is 16.7 Å². The molecule has 0 atom stereocenters. The van der Waals surface area contributed by atoms with Crippen LogP contribution < -0.4 is 9.64 Å². The Balaban J connectivity index is 1.60. The Morgan fingerprint density at radius 1 is 1.07 bits per heavy atom. The van der Waals surface area contributed by atoms with Crippen molar-refractivity contribution in [1.29, 1.82) is 0 Å². The van der Waals surface area contributed by atoms with Crippen LogP contribution in [0.4, 0.5) is 10.2 Å². The molecule has 0 radical (unpaired) electrons. The van der Waals surface area contributed by atoms with E-state index in [4.69, 9.17) is 9.47 Å². The van der Waals surface area contributed by atoms with Crippen LogP contribution in [-0.2, 0) is 4.74 Å². The second-order valence-corrected chi connectivity index (χ2v) is 7.15. The van der Waals surface area contributed by atoms with Gasteiger partial charge in [-0.2, -0.15) is 5.10 Å². The molecule has 2 aromatic heterocycles. The normalized spacial score (nSPS) is 14.3. The molecule has 1 saturated heterocycles. The molecule has 7 heteroatoms. The lowest BCUT2D eigenvalue weighted by Crippen LogP contribution is -2.36. The minimum absolute atomic E-state index is 0.322. The van der Waals surface area contributed by atoms with Gasteiger partial charge in [-0.3, -0.25) is 5.10 Å². The van der Waals surface area contributed by atoms with Crippen LogP contribution in [0.15, 0.2) is 54.7 Å². The summed E-state index contributed by atoms with van der Waals surface area (Å²) in [6, 6.07) is 14.6. The molecule has 3 heterocycles. The van der Waals surface area contributed by atoms with Crippen LogP contribution in [0.2, 0.25) is 0 Å². The SMILES string of the molecule is COc1cccc(F)c1-c1ccc2[nH]nc(-c3ccnc(N4CCOCC4)c3)c2c1. The highest BCUT2D eigenvalue weighted by Crippen LogP contribution is 2.36. The topological polar surface area (TPSA) is 63.3 Å². The lowest BCUT2D eigenvalue weighted by Gasteiger charge is -2.27. The molecule has 1 N–H and O–H groups in total. The Morgan fingerprint density at radius 3 is 2.77 bits per heavy atom. The Bertz CT molecular complexity index is 1200. The highest BCUT2D eigenvalue weighted by Gasteiger charge is 2.17. The summed E-state index contributed by atoms with van der Waals surface area (Å²) in [5.74, 6) is 1.08. The van der Waals surface area contributed by atoms with Gasteiger partial charge in [0, 0.05) is 30.2 Å². The lowest BCUT2D eigenvalue weighted by atomic mass is 10.00. The van der Waals surface area contributed by atoms with Crippen molar-refractivity contribution in [2.75, 3.05) is 38.3 Å². The molecule has 0 spiro atoms. The van der Waals surface area contributed by atoms with E-state index in [2.05, 4.69) is 20.1 Å². The van der Waals surface area contributed by atoms with Gasteiger partial charge < -0.3 is 14.4 Å². The van der Waals surface area contributed by atoms with Gasteiger partial charge >= 0.3 is 0 Å². The number of aromatic nitrogens is 3. The molecule has 4 aromatic rings. The van der Waals surface area contributed by atoms with Gasteiger partial charge in [0.15, 0.2) is 0 Å².